The van der Waals surface area contributed by atoms with Crippen LogP contribution in [0.3, 0.4) is 0 Å². The van der Waals surface area contributed by atoms with E-state index >= 15 is 0 Å². The van der Waals surface area contributed by atoms with Crippen LogP contribution in [0.25, 0.3) is 0 Å². The average molecular weight is 303 g/mol. The first-order valence-corrected chi connectivity index (χ1v) is 7.92. The van der Waals surface area contributed by atoms with Crippen molar-refractivity contribution in [1.82, 2.24) is 10.2 Å². The van der Waals surface area contributed by atoms with Gasteiger partial charge < -0.3 is 15.1 Å². The summed E-state index contributed by atoms with van der Waals surface area (Å²) in [5.41, 5.74) is 1.84. The third-order valence-electron chi connectivity index (χ3n) is 4.19. The molecule has 1 saturated heterocycles. The zero-order valence-corrected chi connectivity index (χ0v) is 13.6. The Morgan fingerprint density at radius 3 is 2.23 bits per heavy atom. The Balaban J connectivity index is 1.89. The van der Waals surface area contributed by atoms with Gasteiger partial charge in [-0.3, -0.25) is 4.79 Å². The topological polar surface area (TPSA) is 52.7 Å². The molecule has 0 saturated carbocycles. The van der Waals surface area contributed by atoms with E-state index in [4.69, 9.17) is 0 Å². The summed E-state index contributed by atoms with van der Waals surface area (Å²) in [7, 11) is 0. The second-order valence-corrected chi connectivity index (χ2v) is 5.84. The van der Waals surface area contributed by atoms with Gasteiger partial charge in [0.25, 0.3) is 0 Å². The Hall–Kier alpha value is -2.04. The van der Waals surface area contributed by atoms with E-state index in [1.807, 2.05) is 36.1 Å². The lowest BCUT2D eigenvalue weighted by Crippen LogP contribution is -2.53. The van der Waals surface area contributed by atoms with Gasteiger partial charge in [0.15, 0.2) is 5.78 Å². The summed E-state index contributed by atoms with van der Waals surface area (Å²) >= 11 is 0. The van der Waals surface area contributed by atoms with Crippen LogP contribution in [0.4, 0.5) is 10.5 Å². The smallest absolute Gasteiger partial charge is 0.317 e. The number of carbonyl (C=O) groups excluding carboxylic acids is 2. The van der Waals surface area contributed by atoms with Gasteiger partial charge in [-0.15, -0.1) is 0 Å². The molecule has 2 amide bonds. The second-order valence-electron chi connectivity index (χ2n) is 5.84. The first-order chi connectivity index (χ1) is 10.5. The van der Waals surface area contributed by atoms with Crippen molar-refractivity contribution in [2.75, 3.05) is 31.1 Å². The zero-order chi connectivity index (χ0) is 16.1. The molecular formula is C17H25N3O2. The molecule has 22 heavy (non-hydrogen) atoms. The van der Waals surface area contributed by atoms with E-state index < -0.39 is 0 Å². The van der Waals surface area contributed by atoms with Crippen LogP contribution in [0.15, 0.2) is 24.3 Å². The zero-order valence-electron chi connectivity index (χ0n) is 13.6. The number of nitrogens with one attached hydrogen (secondary N) is 1. The summed E-state index contributed by atoms with van der Waals surface area (Å²) in [6.07, 6.45) is 0.939. The summed E-state index contributed by atoms with van der Waals surface area (Å²) in [5.74, 6) is 0.0816. The Labute approximate surface area is 132 Å². The SMILES string of the molecule is CCC(C)NC(=O)N1CCN(c2ccc(C(C)=O)cc2)CC1. The highest BCUT2D eigenvalue weighted by atomic mass is 16.2. The molecule has 5 nitrogen and oxygen atoms in total. The van der Waals surface area contributed by atoms with Crippen LogP contribution in [0.2, 0.25) is 0 Å². The fourth-order valence-electron chi connectivity index (χ4n) is 2.48. The molecule has 120 valence electrons. The predicted octanol–water partition coefficient (Wildman–Crippen LogP) is 2.52. The lowest BCUT2D eigenvalue weighted by Gasteiger charge is -2.36. The first-order valence-electron chi connectivity index (χ1n) is 7.92. The minimum absolute atomic E-state index is 0.0286. The molecule has 0 bridgehead atoms. The van der Waals surface area contributed by atoms with Gasteiger partial charge in [-0.2, -0.15) is 0 Å². The molecule has 1 atom stereocenters. The molecule has 0 aliphatic carbocycles. The number of amides is 2. The van der Waals surface area contributed by atoms with Crippen LogP contribution in [0.5, 0.6) is 0 Å². The third kappa shape index (κ3) is 4.00. The number of hydrogen-bond donors (Lipinski definition) is 1. The summed E-state index contributed by atoms with van der Waals surface area (Å²) in [5, 5.41) is 3.00. The van der Waals surface area contributed by atoms with E-state index in [0.717, 1.165) is 43.9 Å². The third-order valence-corrected chi connectivity index (χ3v) is 4.19. The number of Topliss-reactive ketones (excluding diaryl/α,β-unsaturated/α-hetero) is 1. The minimum Gasteiger partial charge on any atom is -0.368 e. The van der Waals surface area contributed by atoms with Crippen molar-refractivity contribution in [2.45, 2.75) is 33.2 Å². The molecule has 0 radical (unpaired) electrons. The predicted molar refractivity (Wildman–Crippen MR) is 88.5 cm³/mol. The quantitative estimate of drug-likeness (QED) is 0.870. The molecule has 1 aliphatic rings. The lowest BCUT2D eigenvalue weighted by molar-refractivity contribution is 0.101. The van der Waals surface area contributed by atoms with Crippen LogP contribution in [-0.2, 0) is 0 Å². The van der Waals surface area contributed by atoms with Crippen molar-refractivity contribution in [2.24, 2.45) is 0 Å². The maximum Gasteiger partial charge on any atom is 0.317 e. The molecule has 1 aromatic rings. The second kappa shape index (κ2) is 7.29. The van der Waals surface area contributed by atoms with E-state index in [1.54, 1.807) is 6.92 Å². The van der Waals surface area contributed by atoms with Crippen LogP contribution in [-0.4, -0.2) is 48.9 Å². The van der Waals surface area contributed by atoms with E-state index in [-0.39, 0.29) is 17.9 Å². The van der Waals surface area contributed by atoms with Gasteiger partial charge in [-0.25, -0.2) is 4.79 Å². The van der Waals surface area contributed by atoms with Crippen molar-refractivity contribution in [3.8, 4) is 0 Å². The van der Waals surface area contributed by atoms with Gasteiger partial charge >= 0.3 is 6.03 Å². The maximum atomic E-state index is 12.1. The summed E-state index contributed by atoms with van der Waals surface area (Å²) in [6.45, 7) is 8.72. The fraction of sp³-hybridized carbons (Fsp3) is 0.529. The molecule has 1 unspecified atom stereocenters. The fourth-order valence-corrected chi connectivity index (χ4v) is 2.48. The average Bonchev–Trinajstić information content (AvgIpc) is 2.55. The highest BCUT2D eigenvalue weighted by Gasteiger charge is 2.21. The number of benzene rings is 1. The lowest BCUT2D eigenvalue weighted by atomic mass is 10.1. The van der Waals surface area contributed by atoms with Gasteiger partial charge in [0.05, 0.1) is 0 Å². The number of urea groups is 1. The number of carbonyl (C=O) groups is 2. The molecule has 1 fully saturated rings. The highest BCUT2D eigenvalue weighted by molar-refractivity contribution is 5.94. The Morgan fingerprint density at radius 2 is 1.73 bits per heavy atom. The maximum absolute atomic E-state index is 12.1. The van der Waals surface area contributed by atoms with Crippen LogP contribution < -0.4 is 10.2 Å². The van der Waals surface area contributed by atoms with Crippen molar-refractivity contribution in [3.05, 3.63) is 29.8 Å². The molecule has 0 aromatic heterocycles. The van der Waals surface area contributed by atoms with E-state index in [0.29, 0.717) is 0 Å². The summed E-state index contributed by atoms with van der Waals surface area (Å²) in [4.78, 5) is 27.5. The number of rotatable bonds is 4. The monoisotopic (exact) mass is 303 g/mol. The molecule has 2 rings (SSSR count). The molecule has 1 heterocycles. The first kappa shape index (κ1) is 16.3. The Kier molecular flexibility index (Phi) is 5.41. The molecular weight excluding hydrogens is 278 g/mol. The Morgan fingerprint density at radius 1 is 1.14 bits per heavy atom. The van der Waals surface area contributed by atoms with Gasteiger partial charge in [0, 0.05) is 43.5 Å². The number of hydrogen-bond acceptors (Lipinski definition) is 3. The van der Waals surface area contributed by atoms with Crippen molar-refractivity contribution in [3.63, 3.8) is 0 Å². The number of piperazine rings is 1. The van der Waals surface area contributed by atoms with E-state index in [1.165, 1.54) is 0 Å². The van der Waals surface area contributed by atoms with Crippen LogP contribution in [0, 0.1) is 0 Å². The van der Waals surface area contributed by atoms with Crippen molar-refractivity contribution < 1.29 is 9.59 Å². The van der Waals surface area contributed by atoms with Crippen LogP contribution in [0.1, 0.15) is 37.6 Å². The number of ketones is 1. The normalized spacial score (nSPS) is 16.3. The molecule has 1 N–H and O–H groups in total. The molecule has 1 aliphatic heterocycles. The van der Waals surface area contributed by atoms with Crippen molar-refractivity contribution in [1.29, 1.82) is 0 Å². The summed E-state index contributed by atoms with van der Waals surface area (Å²) < 4.78 is 0. The molecule has 5 heteroatoms. The molecule has 1 aromatic carbocycles. The van der Waals surface area contributed by atoms with Gasteiger partial charge in [0.2, 0.25) is 0 Å². The van der Waals surface area contributed by atoms with Crippen molar-refractivity contribution >= 4 is 17.5 Å². The molecule has 0 spiro atoms. The standard InChI is InChI=1S/C17H25N3O2/c1-4-13(2)18-17(22)20-11-9-19(10-12-20)16-7-5-15(6-8-16)14(3)21/h5-8,13H,4,9-12H2,1-3H3,(H,18,22). The minimum atomic E-state index is 0.0286. The highest BCUT2D eigenvalue weighted by Crippen LogP contribution is 2.17. The Bertz CT molecular complexity index is 519. The largest absolute Gasteiger partial charge is 0.368 e. The van der Waals surface area contributed by atoms with E-state index in [2.05, 4.69) is 17.1 Å². The summed E-state index contributed by atoms with van der Waals surface area (Å²) in [6, 6.07) is 7.92. The van der Waals surface area contributed by atoms with Crippen LogP contribution >= 0.6 is 0 Å². The van der Waals surface area contributed by atoms with E-state index in [9.17, 15) is 9.59 Å². The van der Waals surface area contributed by atoms with Gasteiger partial charge in [-0.1, -0.05) is 6.92 Å². The number of anilines is 1. The van der Waals surface area contributed by atoms with Gasteiger partial charge in [0.1, 0.15) is 0 Å². The number of nitrogens with zero attached hydrogens (tertiary/aromatic N) is 2. The van der Waals surface area contributed by atoms with Gasteiger partial charge in [-0.05, 0) is 44.5 Å².